The van der Waals surface area contributed by atoms with Crippen LogP contribution in [-0.4, -0.2) is 23.0 Å². The number of hydrogen-bond acceptors (Lipinski definition) is 4. The van der Waals surface area contributed by atoms with Crippen LogP contribution < -0.4 is 10.1 Å². The Labute approximate surface area is 146 Å². The second-order valence-corrected chi connectivity index (χ2v) is 5.46. The summed E-state index contributed by atoms with van der Waals surface area (Å²) in [6.07, 6.45) is 5.05. The lowest BCUT2D eigenvalue weighted by Crippen LogP contribution is -2.34. The number of carbonyl (C=O) groups excluding carboxylic acids is 1. The molecule has 0 aliphatic heterocycles. The smallest absolute Gasteiger partial charge is 0.322 e. The van der Waals surface area contributed by atoms with E-state index in [1.54, 1.807) is 61.0 Å². The molecule has 0 aliphatic carbocycles. The molecule has 25 heavy (non-hydrogen) atoms. The Morgan fingerprint density at radius 2 is 2.00 bits per heavy atom. The summed E-state index contributed by atoms with van der Waals surface area (Å²) in [6, 6.07) is 14.4. The van der Waals surface area contributed by atoms with Gasteiger partial charge in [0.1, 0.15) is 11.5 Å². The fraction of sp³-hybridized carbons (Fsp3) is 0.158. The highest BCUT2D eigenvalue weighted by Crippen LogP contribution is 2.17. The van der Waals surface area contributed by atoms with Crippen LogP contribution >= 0.6 is 0 Å². The molecule has 3 rings (SSSR count). The zero-order chi connectivity index (χ0) is 17.5. The molecule has 6 heteroatoms. The summed E-state index contributed by atoms with van der Waals surface area (Å²) in [5, 5.41) is 2.90. The molecular formula is C19H19N3O3. The van der Waals surface area contributed by atoms with Crippen LogP contribution in [0, 0.1) is 0 Å². The molecule has 2 aromatic heterocycles. The summed E-state index contributed by atoms with van der Waals surface area (Å²) in [4.78, 5) is 18.5. The van der Waals surface area contributed by atoms with Crippen molar-refractivity contribution in [2.45, 2.75) is 13.1 Å². The topological polar surface area (TPSA) is 67.6 Å². The van der Waals surface area contributed by atoms with E-state index < -0.39 is 0 Å². The molecule has 1 aromatic carbocycles. The van der Waals surface area contributed by atoms with E-state index >= 15 is 0 Å². The minimum atomic E-state index is -0.217. The number of nitrogens with zero attached hydrogens (tertiary/aromatic N) is 2. The lowest BCUT2D eigenvalue weighted by atomic mass is 10.2. The van der Waals surface area contributed by atoms with Gasteiger partial charge in [-0.1, -0.05) is 6.07 Å². The van der Waals surface area contributed by atoms with Gasteiger partial charge in [-0.3, -0.25) is 4.98 Å². The van der Waals surface area contributed by atoms with Crippen LogP contribution in [0.1, 0.15) is 11.3 Å². The van der Waals surface area contributed by atoms with Crippen LogP contribution in [-0.2, 0) is 13.1 Å². The van der Waals surface area contributed by atoms with Crippen LogP contribution in [0.15, 0.2) is 71.6 Å². The third-order valence-corrected chi connectivity index (χ3v) is 3.65. The number of carbonyl (C=O) groups is 1. The molecule has 0 aliphatic rings. The summed E-state index contributed by atoms with van der Waals surface area (Å²) in [7, 11) is 1.60. The number of pyridine rings is 1. The molecule has 2 amide bonds. The van der Waals surface area contributed by atoms with Crippen molar-refractivity contribution in [2.75, 3.05) is 12.4 Å². The molecule has 2 heterocycles. The van der Waals surface area contributed by atoms with Crippen molar-refractivity contribution in [2.24, 2.45) is 0 Å². The van der Waals surface area contributed by atoms with E-state index in [4.69, 9.17) is 9.15 Å². The number of amides is 2. The number of benzene rings is 1. The summed E-state index contributed by atoms with van der Waals surface area (Å²) in [6.45, 7) is 0.792. The average molecular weight is 337 g/mol. The molecule has 1 N–H and O–H groups in total. The van der Waals surface area contributed by atoms with E-state index in [9.17, 15) is 4.79 Å². The van der Waals surface area contributed by atoms with Crippen molar-refractivity contribution in [1.29, 1.82) is 0 Å². The highest BCUT2D eigenvalue weighted by Gasteiger charge is 2.16. The lowest BCUT2D eigenvalue weighted by Gasteiger charge is -2.22. The Bertz CT molecular complexity index is 787. The SMILES string of the molecule is COc1ccc(NC(=O)N(Cc2cccnc2)Cc2ccco2)cc1. The Balaban J connectivity index is 1.73. The molecule has 3 aromatic rings. The molecule has 6 nitrogen and oxygen atoms in total. The van der Waals surface area contributed by atoms with Crippen LogP contribution in [0.5, 0.6) is 5.75 Å². The fourth-order valence-electron chi connectivity index (χ4n) is 2.38. The first-order valence-corrected chi connectivity index (χ1v) is 7.86. The number of anilines is 1. The Morgan fingerprint density at radius 1 is 1.16 bits per heavy atom. The Morgan fingerprint density at radius 3 is 2.64 bits per heavy atom. The zero-order valence-corrected chi connectivity index (χ0v) is 13.9. The highest BCUT2D eigenvalue weighted by atomic mass is 16.5. The van der Waals surface area contributed by atoms with E-state index in [1.807, 2.05) is 18.2 Å². The molecule has 128 valence electrons. The van der Waals surface area contributed by atoms with Gasteiger partial charge in [0.25, 0.3) is 0 Å². The molecule has 0 unspecified atom stereocenters. The van der Waals surface area contributed by atoms with Crippen LogP contribution in [0.3, 0.4) is 0 Å². The summed E-state index contributed by atoms with van der Waals surface area (Å²) < 4.78 is 10.5. The summed E-state index contributed by atoms with van der Waals surface area (Å²) >= 11 is 0. The maximum atomic E-state index is 12.7. The zero-order valence-electron chi connectivity index (χ0n) is 13.9. The van der Waals surface area contributed by atoms with Crippen LogP contribution in [0.4, 0.5) is 10.5 Å². The molecule has 0 saturated carbocycles. The molecule has 0 atom stereocenters. The van der Waals surface area contributed by atoms with E-state index in [1.165, 1.54) is 0 Å². The minimum absolute atomic E-state index is 0.217. The van der Waals surface area contributed by atoms with Crippen molar-refractivity contribution in [3.63, 3.8) is 0 Å². The molecular weight excluding hydrogens is 318 g/mol. The molecule has 0 fully saturated rings. The van der Waals surface area contributed by atoms with E-state index in [0.717, 1.165) is 11.3 Å². The largest absolute Gasteiger partial charge is 0.497 e. The highest BCUT2D eigenvalue weighted by molar-refractivity contribution is 5.89. The van der Waals surface area contributed by atoms with E-state index in [0.29, 0.717) is 24.5 Å². The van der Waals surface area contributed by atoms with Gasteiger partial charge in [0.2, 0.25) is 0 Å². The van der Waals surface area contributed by atoms with Crippen molar-refractivity contribution < 1.29 is 13.9 Å². The van der Waals surface area contributed by atoms with Gasteiger partial charge in [-0.05, 0) is 48.0 Å². The van der Waals surface area contributed by atoms with Gasteiger partial charge in [0.05, 0.1) is 19.9 Å². The first-order valence-electron chi connectivity index (χ1n) is 7.86. The number of urea groups is 1. The molecule has 0 spiro atoms. The molecule has 0 saturated heterocycles. The number of furan rings is 1. The monoisotopic (exact) mass is 337 g/mol. The summed E-state index contributed by atoms with van der Waals surface area (Å²) in [5.41, 5.74) is 1.64. The standard InChI is InChI=1S/C19H19N3O3/c1-24-17-8-6-16(7-9-17)21-19(23)22(14-18-5-3-11-25-18)13-15-4-2-10-20-12-15/h2-12H,13-14H2,1H3,(H,21,23). The van der Waals surface area contributed by atoms with Crippen molar-refractivity contribution in [3.05, 3.63) is 78.5 Å². The predicted octanol–water partition coefficient (Wildman–Crippen LogP) is 3.92. The fourth-order valence-corrected chi connectivity index (χ4v) is 2.38. The van der Waals surface area contributed by atoms with Gasteiger partial charge in [0.15, 0.2) is 0 Å². The van der Waals surface area contributed by atoms with Crippen molar-refractivity contribution in [1.82, 2.24) is 9.88 Å². The maximum absolute atomic E-state index is 12.7. The van der Waals surface area contributed by atoms with E-state index in [-0.39, 0.29) is 6.03 Å². The second-order valence-electron chi connectivity index (χ2n) is 5.46. The van der Waals surface area contributed by atoms with E-state index in [2.05, 4.69) is 10.3 Å². The predicted molar refractivity (Wildman–Crippen MR) is 94.2 cm³/mol. The second kappa shape index (κ2) is 8.01. The number of hydrogen-bond donors (Lipinski definition) is 1. The van der Waals surface area contributed by atoms with Gasteiger partial charge in [-0.25, -0.2) is 4.79 Å². The average Bonchev–Trinajstić information content (AvgIpc) is 3.16. The Kier molecular flexibility index (Phi) is 5.31. The maximum Gasteiger partial charge on any atom is 0.322 e. The van der Waals surface area contributed by atoms with Gasteiger partial charge in [-0.2, -0.15) is 0 Å². The van der Waals surface area contributed by atoms with Crippen molar-refractivity contribution >= 4 is 11.7 Å². The van der Waals surface area contributed by atoms with Crippen LogP contribution in [0.25, 0.3) is 0 Å². The minimum Gasteiger partial charge on any atom is -0.497 e. The molecule has 0 radical (unpaired) electrons. The van der Waals surface area contributed by atoms with Gasteiger partial charge in [0, 0.05) is 24.6 Å². The van der Waals surface area contributed by atoms with Crippen molar-refractivity contribution in [3.8, 4) is 5.75 Å². The number of rotatable bonds is 6. The third-order valence-electron chi connectivity index (χ3n) is 3.65. The third kappa shape index (κ3) is 4.60. The summed E-state index contributed by atoms with van der Waals surface area (Å²) in [5.74, 6) is 1.45. The Hall–Kier alpha value is -3.28. The number of aromatic nitrogens is 1. The van der Waals surface area contributed by atoms with Gasteiger partial charge in [-0.15, -0.1) is 0 Å². The van der Waals surface area contributed by atoms with Gasteiger partial charge < -0.3 is 19.4 Å². The normalized spacial score (nSPS) is 10.3. The first kappa shape index (κ1) is 16.6. The number of methoxy groups -OCH3 is 1. The van der Waals surface area contributed by atoms with Gasteiger partial charge >= 0.3 is 6.03 Å². The first-order chi connectivity index (χ1) is 12.2. The number of nitrogens with one attached hydrogen (secondary N) is 1. The lowest BCUT2D eigenvalue weighted by molar-refractivity contribution is 0.201. The van der Waals surface area contributed by atoms with Crippen LogP contribution in [0.2, 0.25) is 0 Å². The quantitative estimate of drug-likeness (QED) is 0.740. The molecule has 0 bridgehead atoms. The number of ether oxygens (including phenoxy) is 1.